The summed E-state index contributed by atoms with van der Waals surface area (Å²) < 4.78 is 0. The van der Waals surface area contributed by atoms with Crippen LogP contribution in [-0.4, -0.2) is 22.5 Å². The second kappa shape index (κ2) is 5.01. The average molecular weight is 251 g/mol. The minimum Gasteiger partial charge on any atom is -0.389 e. The maximum absolute atomic E-state index is 10.00. The van der Waals surface area contributed by atoms with Gasteiger partial charge in [0.15, 0.2) is 0 Å². The highest BCUT2D eigenvalue weighted by Gasteiger charge is 2.27. The second-order valence-electron chi connectivity index (χ2n) is 5.27. The van der Waals surface area contributed by atoms with E-state index in [1.165, 1.54) is 10.5 Å². The molecular formula is C14H21NOS. The van der Waals surface area contributed by atoms with Gasteiger partial charge in [-0.25, -0.2) is 0 Å². The highest BCUT2D eigenvalue weighted by atomic mass is 32.2. The third kappa shape index (κ3) is 3.03. The Morgan fingerprint density at radius 1 is 1.41 bits per heavy atom. The molecule has 2 atom stereocenters. The smallest absolute Gasteiger partial charge is 0.0741 e. The van der Waals surface area contributed by atoms with Crippen molar-refractivity contribution >= 4 is 11.8 Å². The van der Waals surface area contributed by atoms with Crippen molar-refractivity contribution in [1.29, 1.82) is 0 Å². The highest BCUT2D eigenvalue weighted by Crippen LogP contribution is 2.36. The van der Waals surface area contributed by atoms with Gasteiger partial charge in [0.25, 0.3) is 0 Å². The van der Waals surface area contributed by atoms with Gasteiger partial charge in [-0.15, -0.1) is 11.8 Å². The lowest BCUT2D eigenvalue weighted by Gasteiger charge is -2.34. The molecule has 0 amide bonds. The summed E-state index contributed by atoms with van der Waals surface area (Å²) in [7, 11) is 0. The molecule has 2 unspecified atom stereocenters. The van der Waals surface area contributed by atoms with Crippen LogP contribution in [0.5, 0.6) is 0 Å². The summed E-state index contributed by atoms with van der Waals surface area (Å²) in [6, 6.07) is 9.01. The van der Waals surface area contributed by atoms with Gasteiger partial charge in [0.1, 0.15) is 0 Å². The predicted octanol–water partition coefficient (Wildman–Crippen LogP) is 2.97. The van der Waals surface area contributed by atoms with Gasteiger partial charge in [-0.1, -0.05) is 18.2 Å². The maximum Gasteiger partial charge on any atom is 0.0741 e. The lowest BCUT2D eigenvalue weighted by molar-refractivity contribution is 0.0393. The monoisotopic (exact) mass is 251 g/mol. The van der Waals surface area contributed by atoms with Gasteiger partial charge in [-0.3, -0.25) is 0 Å². The standard InChI is InChI=1S/C14H21NOS/c1-10(14(2,3)16)15-12-8-9-17-13-7-5-4-6-11(12)13/h4-7,10,12,15-16H,8-9H2,1-3H3. The number of thioether (sulfide) groups is 1. The molecule has 0 spiro atoms. The summed E-state index contributed by atoms with van der Waals surface area (Å²) in [5.74, 6) is 1.15. The molecule has 1 aromatic rings. The first-order valence-corrected chi connectivity index (χ1v) is 7.17. The van der Waals surface area contributed by atoms with E-state index in [9.17, 15) is 5.11 Å². The van der Waals surface area contributed by atoms with Crippen molar-refractivity contribution in [3.8, 4) is 0 Å². The minimum absolute atomic E-state index is 0.0867. The molecule has 2 N–H and O–H groups in total. The maximum atomic E-state index is 10.00. The first kappa shape index (κ1) is 12.9. The fourth-order valence-electron chi connectivity index (χ4n) is 2.02. The minimum atomic E-state index is -0.681. The lowest BCUT2D eigenvalue weighted by atomic mass is 9.96. The molecule has 3 heteroatoms. The zero-order valence-corrected chi connectivity index (χ0v) is 11.6. The van der Waals surface area contributed by atoms with Gasteiger partial charge in [0.05, 0.1) is 5.60 Å². The van der Waals surface area contributed by atoms with E-state index in [-0.39, 0.29) is 6.04 Å². The summed E-state index contributed by atoms with van der Waals surface area (Å²) in [4.78, 5) is 1.37. The van der Waals surface area contributed by atoms with Gasteiger partial charge >= 0.3 is 0 Å². The molecule has 2 nitrogen and oxygen atoms in total. The largest absolute Gasteiger partial charge is 0.389 e. The molecule has 0 aromatic heterocycles. The Hall–Kier alpha value is -0.510. The van der Waals surface area contributed by atoms with E-state index >= 15 is 0 Å². The molecule has 1 aromatic carbocycles. The van der Waals surface area contributed by atoms with Crippen LogP contribution in [0.3, 0.4) is 0 Å². The molecule has 0 saturated carbocycles. The van der Waals surface area contributed by atoms with Crippen LogP contribution < -0.4 is 5.32 Å². The summed E-state index contributed by atoms with van der Waals surface area (Å²) in [6.07, 6.45) is 1.13. The molecule has 0 fully saturated rings. The Morgan fingerprint density at radius 3 is 2.82 bits per heavy atom. The van der Waals surface area contributed by atoms with E-state index in [1.807, 2.05) is 32.5 Å². The normalized spacial score (nSPS) is 22.0. The van der Waals surface area contributed by atoms with Crippen LogP contribution in [0.15, 0.2) is 29.2 Å². The van der Waals surface area contributed by atoms with E-state index in [4.69, 9.17) is 0 Å². The van der Waals surface area contributed by atoms with E-state index in [1.54, 1.807) is 0 Å². The van der Waals surface area contributed by atoms with Crippen molar-refractivity contribution < 1.29 is 5.11 Å². The van der Waals surface area contributed by atoms with E-state index in [2.05, 4.69) is 29.6 Å². The van der Waals surface area contributed by atoms with Crippen LogP contribution >= 0.6 is 11.8 Å². The van der Waals surface area contributed by atoms with Crippen LogP contribution in [0, 0.1) is 0 Å². The van der Waals surface area contributed by atoms with Crippen LogP contribution in [0.2, 0.25) is 0 Å². The molecule has 0 radical (unpaired) electrons. The summed E-state index contributed by atoms with van der Waals surface area (Å²) in [6.45, 7) is 5.76. The number of fused-ring (bicyclic) bond motifs is 1. The third-order valence-corrected chi connectivity index (χ3v) is 4.59. The molecule has 1 heterocycles. The SMILES string of the molecule is CC(NC1CCSc2ccccc21)C(C)(C)O. The zero-order chi connectivity index (χ0) is 12.5. The Balaban J connectivity index is 2.14. The molecule has 94 valence electrons. The summed E-state index contributed by atoms with van der Waals surface area (Å²) >= 11 is 1.92. The van der Waals surface area contributed by atoms with Gasteiger partial charge in [-0.05, 0) is 44.6 Å². The molecule has 1 aliphatic heterocycles. The van der Waals surface area contributed by atoms with E-state index < -0.39 is 5.60 Å². The van der Waals surface area contributed by atoms with E-state index in [0.717, 1.165) is 12.2 Å². The fourth-order valence-corrected chi connectivity index (χ4v) is 3.15. The Morgan fingerprint density at radius 2 is 2.12 bits per heavy atom. The van der Waals surface area contributed by atoms with Crippen molar-refractivity contribution in [3.63, 3.8) is 0 Å². The molecular weight excluding hydrogens is 230 g/mol. The molecule has 2 rings (SSSR count). The van der Waals surface area contributed by atoms with Crippen molar-refractivity contribution in [1.82, 2.24) is 5.32 Å². The average Bonchev–Trinajstić information content (AvgIpc) is 2.28. The van der Waals surface area contributed by atoms with Crippen molar-refractivity contribution in [3.05, 3.63) is 29.8 Å². The lowest BCUT2D eigenvalue weighted by Crippen LogP contribution is -2.46. The zero-order valence-electron chi connectivity index (χ0n) is 10.7. The number of hydrogen-bond donors (Lipinski definition) is 2. The molecule has 17 heavy (non-hydrogen) atoms. The number of aliphatic hydroxyl groups is 1. The second-order valence-corrected chi connectivity index (χ2v) is 6.41. The van der Waals surface area contributed by atoms with Crippen molar-refractivity contribution in [2.24, 2.45) is 0 Å². The van der Waals surface area contributed by atoms with Crippen LogP contribution in [0.25, 0.3) is 0 Å². The van der Waals surface area contributed by atoms with E-state index in [0.29, 0.717) is 6.04 Å². The van der Waals surface area contributed by atoms with Crippen LogP contribution in [-0.2, 0) is 0 Å². The van der Waals surface area contributed by atoms with Gasteiger partial charge < -0.3 is 10.4 Å². The Bertz CT molecular complexity index is 386. The Kier molecular flexibility index (Phi) is 3.81. The van der Waals surface area contributed by atoms with Crippen molar-refractivity contribution in [2.75, 3.05) is 5.75 Å². The van der Waals surface area contributed by atoms with Gasteiger partial charge in [0, 0.05) is 17.0 Å². The van der Waals surface area contributed by atoms with Crippen LogP contribution in [0.4, 0.5) is 0 Å². The number of benzene rings is 1. The molecule has 1 aliphatic rings. The first-order chi connectivity index (χ1) is 7.98. The third-order valence-electron chi connectivity index (χ3n) is 3.47. The molecule has 0 aliphatic carbocycles. The molecule has 0 saturated heterocycles. The number of rotatable bonds is 3. The fraction of sp³-hybridized carbons (Fsp3) is 0.571. The summed E-state index contributed by atoms with van der Waals surface area (Å²) in [5, 5.41) is 13.5. The van der Waals surface area contributed by atoms with Gasteiger partial charge in [0.2, 0.25) is 0 Å². The highest BCUT2D eigenvalue weighted by molar-refractivity contribution is 7.99. The number of nitrogens with one attached hydrogen (secondary N) is 1. The topological polar surface area (TPSA) is 32.3 Å². The quantitative estimate of drug-likeness (QED) is 0.866. The summed E-state index contributed by atoms with van der Waals surface area (Å²) in [5.41, 5.74) is 0.694. The van der Waals surface area contributed by atoms with Crippen molar-refractivity contribution in [2.45, 2.75) is 49.8 Å². The first-order valence-electron chi connectivity index (χ1n) is 6.18. The predicted molar refractivity (Wildman–Crippen MR) is 73.4 cm³/mol. The molecule has 0 bridgehead atoms. The van der Waals surface area contributed by atoms with Crippen LogP contribution in [0.1, 0.15) is 38.8 Å². The van der Waals surface area contributed by atoms with Gasteiger partial charge in [-0.2, -0.15) is 0 Å². The number of hydrogen-bond acceptors (Lipinski definition) is 3. The Labute approximate surface area is 108 Å².